The van der Waals surface area contributed by atoms with Crippen molar-refractivity contribution in [3.8, 4) is 0 Å². The largest absolute Gasteiger partial charge is 0.379 e. The van der Waals surface area contributed by atoms with Crippen molar-refractivity contribution in [1.82, 2.24) is 10.2 Å². The van der Waals surface area contributed by atoms with Gasteiger partial charge in [0.15, 0.2) is 5.96 Å². The van der Waals surface area contributed by atoms with E-state index >= 15 is 0 Å². The fourth-order valence-corrected chi connectivity index (χ4v) is 2.53. The lowest BCUT2D eigenvalue weighted by molar-refractivity contribution is 0.0376. The Kier molecular flexibility index (Phi) is 11.0. The van der Waals surface area contributed by atoms with Gasteiger partial charge in [0.25, 0.3) is 0 Å². The summed E-state index contributed by atoms with van der Waals surface area (Å²) in [5.41, 5.74) is 7.23. The Labute approximate surface area is 156 Å². The van der Waals surface area contributed by atoms with E-state index in [1.807, 2.05) is 6.07 Å². The summed E-state index contributed by atoms with van der Waals surface area (Å²) in [5.74, 6) is 0.565. The Bertz CT molecular complexity index is 435. The second kappa shape index (κ2) is 12.5. The van der Waals surface area contributed by atoms with E-state index in [9.17, 15) is 0 Å². The van der Waals surface area contributed by atoms with E-state index in [0.29, 0.717) is 5.96 Å². The molecule has 0 bridgehead atoms. The molecule has 1 aromatic carbocycles. The number of halogens is 1. The van der Waals surface area contributed by atoms with E-state index in [4.69, 9.17) is 10.5 Å². The molecule has 1 heterocycles. The monoisotopic (exact) mass is 432 g/mol. The molecule has 6 heteroatoms. The van der Waals surface area contributed by atoms with Crippen LogP contribution >= 0.6 is 24.0 Å². The van der Waals surface area contributed by atoms with E-state index in [1.165, 1.54) is 5.56 Å². The Morgan fingerprint density at radius 1 is 1.17 bits per heavy atom. The first kappa shape index (κ1) is 20.2. The number of aryl methyl sites for hydroxylation is 1. The molecule has 23 heavy (non-hydrogen) atoms. The highest BCUT2D eigenvalue weighted by molar-refractivity contribution is 14.0. The summed E-state index contributed by atoms with van der Waals surface area (Å²) < 4.78 is 5.33. The molecule has 130 valence electrons. The molecule has 0 saturated carbocycles. The maximum Gasteiger partial charge on any atom is 0.188 e. The first-order valence-corrected chi connectivity index (χ1v) is 8.22. The van der Waals surface area contributed by atoms with Gasteiger partial charge in [-0.05, 0) is 31.4 Å². The van der Waals surface area contributed by atoms with Gasteiger partial charge in [-0.15, -0.1) is 24.0 Å². The van der Waals surface area contributed by atoms with Crippen LogP contribution in [-0.4, -0.2) is 56.8 Å². The van der Waals surface area contributed by atoms with Crippen molar-refractivity contribution >= 4 is 29.9 Å². The van der Waals surface area contributed by atoms with Crippen LogP contribution in [0.2, 0.25) is 0 Å². The molecular formula is C17H29IN4O. The van der Waals surface area contributed by atoms with E-state index in [-0.39, 0.29) is 24.0 Å². The summed E-state index contributed by atoms with van der Waals surface area (Å²) >= 11 is 0. The van der Waals surface area contributed by atoms with Crippen molar-refractivity contribution in [2.45, 2.75) is 19.3 Å². The third-order valence-corrected chi connectivity index (χ3v) is 3.81. The zero-order valence-electron chi connectivity index (χ0n) is 13.7. The number of hydrogen-bond acceptors (Lipinski definition) is 3. The molecule has 1 saturated heterocycles. The molecule has 0 amide bonds. The average molecular weight is 432 g/mol. The van der Waals surface area contributed by atoms with Gasteiger partial charge in [0.1, 0.15) is 0 Å². The number of morpholine rings is 1. The number of rotatable bonds is 8. The summed E-state index contributed by atoms with van der Waals surface area (Å²) in [6, 6.07) is 10.5. The molecule has 0 aliphatic carbocycles. The van der Waals surface area contributed by atoms with Gasteiger partial charge in [0.2, 0.25) is 0 Å². The summed E-state index contributed by atoms with van der Waals surface area (Å²) in [6.07, 6.45) is 3.16. The number of benzene rings is 1. The molecule has 0 atom stereocenters. The standard InChI is InChI=1S/C17H28N4O.HI/c18-17(19-9-4-8-16-6-2-1-3-7-16)20-10-5-11-21-12-14-22-15-13-21;/h1-3,6-7H,4-5,8-15H2,(H3,18,19,20);1H. The molecule has 0 unspecified atom stereocenters. The number of nitrogens with two attached hydrogens (primary N) is 1. The van der Waals surface area contributed by atoms with Crippen molar-refractivity contribution in [2.75, 3.05) is 45.9 Å². The predicted molar refractivity (Wildman–Crippen MR) is 107 cm³/mol. The predicted octanol–water partition coefficient (Wildman–Crippen LogP) is 1.86. The van der Waals surface area contributed by atoms with Gasteiger partial charge < -0.3 is 15.8 Å². The second-order valence-corrected chi connectivity index (χ2v) is 5.59. The minimum absolute atomic E-state index is 0. The van der Waals surface area contributed by atoms with Gasteiger partial charge in [-0.25, -0.2) is 0 Å². The van der Waals surface area contributed by atoms with E-state index in [2.05, 4.69) is 39.5 Å². The smallest absolute Gasteiger partial charge is 0.188 e. The quantitative estimate of drug-likeness (QED) is 0.285. The maximum absolute atomic E-state index is 5.88. The first-order valence-electron chi connectivity index (χ1n) is 8.22. The van der Waals surface area contributed by atoms with Gasteiger partial charge in [-0.2, -0.15) is 0 Å². The van der Waals surface area contributed by atoms with Crippen molar-refractivity contribution in [1.29, 1.82) is 0 Å². The van der Waals surface area contributed by atoms with Crippen LogP contribution in [0.15, 0.2) is 35.3 Å². The summed E-state index contributed by atoms with van der Waals surface area (Å²) in [6.45, 7) is 6.56. The number of guanidine groups is 1. The summed E-state index contributed by atoms with van der Waals surface area (Å²) in [7, 11) is 0. The normalized spacial score (nSPS) is 15.9. The molecule has 0 radical (unpaired) electrons. The van der Waals surface area contributed by atoms with Gasteiger partial charge in [0.05, 0.1) is 13.2 Å². The highest BCUT2D eigenvalue weighted by Gasteiger charge is 2.08. The number of ether oxygens (including phenoxy) is 1. The summed E-state index contributed by atoms with van der Waals surface area (Å²) in [5, 5.41) is 3.19. The van der Waals surface area contributed by atoms with E-state index in [1.54, 1.807) is 0 Å². The fraction of sp³-hybridized carbons (Fsp3) is 0.588. The first-order chi connectivity index (χ1) is 10.8. The van der Waals surface area contributed by atoms with Crippen LogP contribution in [0.1, 0.15) is 18.4 Å². The molecule has 1 fully saturated rings. The van der Waals surface area contributed by atoms with Crippen LogP contribution < -0.4 is 11.1 Å². The fourth-order valence-electron chi connectivity index (χ4n) is 2.53. The SMILES string of the molecule is I.NC(=NCCCc1ccccc1)NCCCN1CCOCC1. The van der Waals surface area contributed by atoms with Crippen molar-refractivity contribution in [3.05, 3.63) is 35.9 Å². The highest BCUT2D eigenvalue weighted by atomic mass is 127. The van der Waals surface area contributed by atoms with Crippen LogP contribution in [0.3, 0.4) is 0 Å². The van der Waals surface area contributed by atoms with Crippen LogP contribution in [0.5, 0.6) is 0 Å². The number of nitrogens with one attached hydrogen (secondary N) is 1. The lowest BCUT2D eigenvalue weighted by Crippen LogP contribution is -2.39. The molecular weight excluding hydrogens is 403 g/mol. The van der Waals surface area contributed by atoms with Gasteiger partial charge in [-0.3, -0.25) is 9.89 Å². The maximum atomic E-state index is 5.88. The molecule has 1 aliphatic rings. The second-order valence-electron chi connectivity index (χ2n) is 5.59. The van der Waals surface area contributed by atoms with Gasteiger partial charge in [0, 0.05) is 26.2 Å². The lowest BCUT2D eigenvalue weighted by atomic mass is 10.1. The van der Waals surface area contributed by atoms with Crippen LogP contribution in [0, 0.1) is 0 Å². The minimum Gasteiger partial charge on any atom is -0.379 e. The number of aliphatic imine (C=N–C) groups is 1. The Hall–Kier alpha value is -0.860. The zero-order valence-corrected chi connectivity index (χ0v) is 16.1. The Morgan fingerprint density at radius 2 is 1.91 bits per heavy atom. The third-order valence-electron chi connectivity index (χ3n) is 3.81. The lowest BCUT2D eigenvalue weighted by Gasteiger charge is -2.26. The van der Waals surface area contributed by atoms with Crippen molar-refractivity contribution in [2.24, 2.45) is 10.7 Å². The molecule has 2 rings (SSSR count). The molecule has 5 nitrogen and oxygen atoms in total. The highest BCUT2D eigenvalue weighted by Crippen LogP contribution is 2.02. The molecule has 1 aromatic rings. The van der Waals surface area contributed by atoms with Crippen molar-refractivity contribution in [3.63, 3.8) is 0 Å². The molecule has 0 spiro atoms. The van der Waals surface area contributed by atoms with E-state index in [0.717, 1.165) is 65.2 Å². The molecule has 0 aromatic heterocycles. The molecule has 1 aliphatic heterocycles. The van der Waals surface area contributed by atoms with Crippen molar-refractivity contribution < 1.29 is 4.74 Å². The molecule has 3 N–H and O–H groups in total. The average Bonchev–Trinajstić information content (AvgIpc) is 2.57. The Balaban J connectivity index is 0.00000264. The van der Waals surface area contributed by atoms with Gasteiger partial charge in [-0.1, -0.05) is 30.3 Å². The van der Waals surface area contributed by atoms with Crippen LogP contribution in [-0.2, 0) is 11.2 Å². The summed E-state index contributed by atoms with van der Waals surface area (Å²) in [4.78, 5) is 6.80. The number of nitrogens with zero attached hydrogens (tertiary/aromatic N) is 2. The van der Waals surface area contributed by atoms with Crippen LogP contribution in [0.4, 0.5) is 0 Å². The van der Waals surface area contributed by atoms with E-state index < -0.39 is 0 Å². The van der Waals surface area contributed by atoms with Gasteiger partial charge >= 0.3 is 0 Å². The minimum atomic E-state index is 0. The van der Waals surface area contributed by atoms with Crippen LogP contribution in [0.25, 0.3) is 0 Å². The zero-order chi connectivity index (χ0) is 15.5. The Morgan fingerprint density at radius 3 is 2.65 bits per heavy atom. The third kappa shape index (κ3) is 9.12. The number of hydrogen-bond donors (Lipinski definition) is 2. The topological polar surface area (TPSA) is 62.9 Å².